The lowest BCUT2D eigenvalue weighted by Gasteiger charge is -2.26. The van der Waals surface area contributed by atoms with Gasteiger partial charge in [0, 0.05) is 50.6 Å². The van der Waals surface area contributed by atoms with E-state index in [0.717, 1.165) is 23.6 Å². The lowest BCUT2D eigenvalue weighted by molar-refractivity contribution is -0.116. The van der Waals surface area contributed by atoms with Crippen molar-refractivity contribution >= 4 is 41.5 Å². The highest BCUT2D eigenvalue weighted by atomic mass is 127. The second-order valence-electron chi connectivity index (χ2n) is 7.23. The third-order valence-corrected chi connectivity index (χ3v) is 4.62. The molecule has 28 heavy (non-hydrogen) atoms. The number of carbonyl (C=O) groups is 1. The number of hydrogen-bond acceptors (Lipinski definition) is 3. The number of anilines is 1. The summed E-state index contributed by atoms with van der Waals surface area (Å²) in [6.07, 6.45) is 4.30. The molecule has 1 unspecified atom stereocenters. The number of halogens is 1. The van der Waals surface area contributed by atoms with E-state index in [9.17, 15) is 4.79 Å². The Hall–Kier alpha value is -2.10. The molecule has 7 nitrogen and oxygen atoms in total. The topological polar surface area (TPSA) is 83.3 Å². The van der Waals surface area contributed by atoms with Gasteiger partial charge in [-0.25, -0.2) is 4.98 Å². The predicted octanol–water partition coefficient (Wildman–Crippen LogP) is 2.95. The van der Waals surface area contributed by atoms with E-state index in [1.54, 1.807) is 7.05 Å². The zero-order chi connectivity index (χ0) is 19.2. The first-order valence-electron chi connectivity index (χ1n) is 9.40. The van der Waals surface area contributed by atoms with Gasteiger partial charge in [-0.3, -0.25) is 9.79 Å². The molecule has 1 aliphatic heterocycles. The molecule has 1 aliphatic rings. The van der Waals surface area contributed by atoms with Crippen molar-refractivity contribution in [2.24, 2.45) is 10.9 Å². The van der Waals surface area contributed by atoms with E-state index in [-0.39, 0.29) is 35.8 Å². The zero-order valence-electron chi connectivity index (χ0n) is 16.6. The molecular weight excluding hydrogens is 467 g/mol. The maximum atomic E-state index is 12.0. The number of nitrogens with zero attached hydrogens (tertiary/aromatic N) is 3. The molecule has 0 saturated carbocycles. The number of hydrogen-bond donors (Lipinski definition) is 3. The number of rotatable bonds is 6. The predicted molar refractivity (Wildman–Crippen MR) is 123 cm³/mol. The van der Waals surface area contributed by atoms with Gasteiger partial charge in [0.05, 0.1) is 6.54 Å². The van der Waals surface area contributed by atoms with Gasteiger partial charge in [0.2, 0.25) is 5.91 Å². The molecule has 2 heterocycles. The molecule has 2 aromatic rings. The van der Waals surface area contributed by atoms with E-state index in [1.807, 2.05) is 30.6 Å². The number of amides is 1. The second-order valence-corrected chi connectivity index (χ2v) is 7.23. The van der Waals surface area contributed by atoms with Crippen molar-refractivity contribution < 1.29 is 4.79 Å². The summed E-state index contributed by atoms with van der Waals surface area (Å²) in [4.78, 5) is 20.7. The summed E-state index contributed by atoms with van der Waals surface area (Å²) in [6.45, 7) is 6.56. The summed E-state index contributed by atoms with van der Waals surface area (Å²) in [5.41, 5.74) is 2.06. The number of para-hydroxylation sites is 1. The molecule has 3 rings (SSSR count). The summed E-state index contributed by atoms with van der Waals surface area (Å²) in [6, 6.07) is 7.96. The van der Waals surface area contributed by atoms with Gasteiger partial charge in [0.1, 0.15) is 5.82 Å². The van der Waals surface area contributed by atoms with E-state index in [2.05, 4.69) is 50.4 Å². The van der Waals surface area contributed by atoms with Crippen LogP contribution in [0.4, 0.5) is 5.69 Å². The highest BCUT2D eigenvalue weighted by Gasteiger charge is 2.24. The lowest BCUT2D eigenvalue weighted by atomic mass is 9.90. The number of nitrogens with one attached hydrogen (secondary N) is 3. The number of aliphatic imine (C=N–C) groups is 1. The molecule has 0 saturated heterocycles. The molecule has 1 atom stereocenters. The van der Waals surface area contributed by atoms with Crippen molar-refractivity contribution in [3.63, 3.8) is 0 Å². The minimum absolute atomic E-state index is 0. The van der Waals surface area contributed by atoms with Crippen molar-refractivity contribution in [2.45, 2.75) is 39.3 Å². The van der Waals surface area contributed by atoms with Crippen LogP contribution < -0.4 is 16.0 Å². The van der Waals surface area contributed by atoms with Crippen LogP contribution in [-0.2, 0) is 17.9 Å². The number of fused-ring (bicyclic) bond motifs is 1. The highest BCUT2D eigenvalue weighted by molar-refractivity contribution is 14.0. The quantitative estimate of drug-likeness (QED) is 0.326. The average molecular weight is 496 g/mol. The summed E-state index contributed by atoms with van der Waals surface area (Å²) < 4.78 is 2.16. The maximum Gasteiger partial charge on any atom is 0.225 e. The van der Waals surface area contributed by atoms with Gasteiger partial charge < -0.3 is 20.5 Å². The average Bonchev–Trinajstić information content (AvgIpc) is 3.07. The number of aromatic nitrogens is 2. The third-order valence-electron chi connectivity index (χ3n) is 4.62. The molecule has 8 heteroatoms. The van der Waals surface area contributed by atoms with Crippen LogP contribution in [0, 0.1) is 5.92 Å². The molecule has 0 spiro atoms. The van der Waals surface area contributed by atoms with Crippen LogP contribution in [0.2, 0.25) is 0 Å². The largest absolute Gasteiger partial charge is 0.356 e. The Kier molecular flexibility index (Phi) is 8.28. The van der Waals surface area contributed by atoms with Crippen LogP contribution in [-0.4, -0.2) is 35.0 Å². The molecule has 1 amide bonds. The minimum atomic E-state index is 0. The first-order valence-corrected chi connectivity index (χ1v) is 9.40. The molecule has 1 aromatic heterocycles. The molecule has 0 bridgehead atoms. The Morgan fingerprint density at radius 1 is 1.36 bits per heavy atom. The van der Waals surface area contributed by atoms with E-state index in [0.29, 0.717) is 31.4 Å². The van der Waals surface area contributed by atoms with Gasteiger partial charge in [-0.1, -0.05) is 32.0 Å². The Morgan fingerprint density at radius 2 is 2.14 bits per heavy atom. The maximum absolute atomic E-state index is 12.0. The van der Waals surface area contributed by atoms with Gasteiger partial charge in [0.25, 0.3) is 0 Å². The summed E-state index contributed by atoms with van der Waals surface area (Å²) in [5, 5.41) is 9.59. The van der Waals surface area contributed by atoms with E-state index in [4.69, 9.17) is 0 Å². The second kappa shape index (κ2) is 10.4. The Labute approximate surface area is 183 Å². The minimum Gasteiger partial charge on any atom is -0.356 e. The SMILES string of the molecule is CN=C(NCc1nccn1CC(C)C)NCC1CC(=O)Nc2ccccc21.I. The first kappa shape index (κ1) is 22.2. The number of carbonyl (C=O) groups excluding carboxylic acids is 1. The fraction of sp³-hybridized carbons (Fsp3) is 0.450. The van der Waals surface area contributed by atoms with E-state index < -0.39 is 0 Å². The third kappa shape index (κ3) is 5.70. The van der Waals surface area contributed by atoms with Gasteiger partial charge in [-0.05, 0) is 17.5 Å². The van der Waals surface area contributed by atoms with E-state index >= 15 is 0 Å². The normalized spacial score (nSPS) is 16.2. The Morgan fingerprint density at radius 3 is 2.89 bits per heavy atom. The molecule has 3 N–H and O–H groups in total. The smallest absolute Gasteiger partial charge is 0.225 e. The van der Waals surface area contributed by atoms with Crippen LogP contribution in [0.15, 0.2) is 41.7 Å². The first-order chi connectivity index (χ1) is 13.1. The molecule has 0 radical (unpaired) electrons. The van der Waals surface area contributed by atoms with Crippen molar-refractivity contribution in [2.75, 3.05) is 18.9 Å². The van der Waals surface area contributed by atoms with Gasteiger partial charge in [-0.2, -0.15) is 0 Å². The summed E-state index contributed by atoms with van der Waals surface area (Å²) in [5.74, 6) is 2.43. The highest BCUT2D eigenvalue weighted by Crippen LogP contribution is 2.31. The zero-order valence-corrected chi connectivity index (χ0v) is 18.9. The van der Waals surface area contributed by atoms with Crippen LogP contribution in [0.1, 0.15) is 37.6 Å². The summed E-state index contributed by atoms with van der Waals surface area (Å²) in [7, 11) is 1.75. The van der Waals surface area contributed by atoms with Crippen LogP contribution in [0.3, 0.4) is 0 Å². The standard InChI is InChI=1S/C20H28N6O.HI/c1-14(2)13-26-9-8-22-18(26)12-24-20(21-3)23-11-15-10-19(27)25-17-7-5-4-6-16(15)17;/h4-9,14-15H,10-13H2,1-3H3,(H,25,27)(H2,21,23,24);1H. The molecule has 1 aromatic carbocycles. The van der Waals surface area contributed by atoms with Crippen molar-refractivity contribution in [1.82, 2.24) is 20.2 Å². The van der Waals surface area contributed by atoms with Crippen LogP contribution in [0.5, 0.6) is 0 Å². The Bertz CT molecular complexity index is 817. The molecule has 152 valence electrons. The fourth-order valence-electron chi connectivity index (χ4n) is 3.35. The Balaban J connectivity index is 0.00000280. The fourth-order valence-corrected chi connectivity index (χ4v) is 3.35. The van der Waals surface area contributed by atoms with Crippen LogP contribution >= 0.6 is 24.0 Å². The van der Waals surface area contributed by atoms with Crippen molar-refractivity contribution in [1.29, 1.82) is 0 Å². The summed E-state index contributed by atoms with van der Waals surface area (Å²) >= 11 is 0. The number of benzene rings is 1. The van der Waals surface area contributed by atoms with Crippen molar-refractivity contribution in [3.05, 3.63) is 48.0 Å². The van der Waals surface area contributed by atoms with Gasteiger partial charge >= 0.3 is 0 Å². The molecule has 0 aliphatic carbocycles. The van der Waals surface area contributed by atoms with Crippen LogP contribution in [0.25, 0.3) is 0 Å². The number of guanidine groups is 1. The van der Waals surface area contributed by atoms with E-state index in [1.165, 1.54) is 0 Å². The van der Waals surface area contributed by atoms with Crippen molar-refractivity contribution in [3.8, 4) is 0 Å². The lowest BCUT2D eigenvalue weighted by Crippen LogP contribution is -2.40. The van der Waals surface area contributed by atoms with Gasteiger partial charge in [0.15, 0.2) is 5.96 Å². The molecule has 0 fully saturated rings. The molecular formula is C20H29IN6O. The monoisotopic (exact) mass is 496 g/mol. The number of imidazole rings is 1. The van der Waals surface area contributed by atoms with Gasteiger partial charge in [-0.15, -0.1) is 24.0 Å².